The average Bonchev–Trinajstić information content (AvgIpc) is 3.35. The van der Waals surface area contributed by atoms with Crippen LogP contribution in [0.25, 0.3) is 0 Å². The number of unbranched alkanes of at least 4 members (excludes halogenated alkanes) is 1. The van der Waals surface area contributed by atoms with Gasteiger partial charge < -0.3 is 27.0 Å². The average molecular weight is 563 g/mol. The monoisotopic (exact) mass is 562 g/mol. The lowest BCUT2D eigenvalue weighted by Crippen LogP contribution is -2.66. The molecule has 0 aromatic heterocycles. The summed E-state index contributed by atoms with van der Waals surface area (Å²) in [4.78, 5) is 57.0. The largest absolute Gasteiger partial charge is 0.350 e. The van der Waals surface area contributed by atoms with E-state index in [1.165, 1.54) is 0 Å². The summed E-state index contributed by atoms with van der Waals surface area (Å²) in [6.45, 7) is 8.39. The molecule has 2 saturated heterocycles. The van der Waals surface area contributed by atoms with Crippen LogP contribution >= 0.6 is 11.8 Å². The van der Waals surface area contributed by atoms with Crippen molar-refractivity contribution in [2.45, 2.75) is 108 Å². The molecule has 0 aromatic rings. The number of hydrogen-bond acceptors (Lipinski definition) is 7. The number of carbonyl (C=O) groups excluding carboxylic acids is 4. The van der Waals surface area contributed by atoms with Gasteiger partial charge in [0, 0.05) is 16.2 Å². The van der Waals surface area contributed by atoms with E-state index in [0.717, 1.165) is 30.6 Å². The first-order chi connectivity index (χ1) is 18.5. The van der Waals surface area contributed by atoms with Crippen molar-refractivity contribution < 1.29 is 19.2 Å². The van der Waals surface area contributed by atoms with E-state index in [1.54, 1.807) is 18.7 Å². The molecular weight excluding hydrogens is 516 g/mol. The molecule has 0 spiro atoms. The van der Waals surface area contributed by atoms with Gasteiger partial charge in [-0.1, -0.05) is 18.2 Å². The fraction of sp³-hybridized carbons (Fsp3) is 0.714. The van der Waals surface area contributed by atoms with Gasteiger partial charge in [0.15, 0.2) is 0 Å². The van der Waals surface area contributed by atoms with Gasteiger partial charge in [-0.25, -0.2) is 0 Å². The third-order valence-corrected chi connectivity index (χ3v) is 8.31. The molecule has 39 heavy (non-hydrogen) atoms. The number of carbonyl (C=O) groups is 4. The fourth-order valence-corrected chi connectivity index (χ4v) is 6.29. The van der Waals surface area contributed by atoms with Crippen LogP contribution in [0.1, 0.15) is 72.6 Å². The van der Waals surface area contributed by atoms with Crippen LogP contribution in [-0.4, -0.2) is 83.1 Å². The fourth-order valence-electron chi connectivity index (χ4n) is 5.22. The second-order valence-corrected chi connectivity index (χ2v) is 12.8. The molecule has 3 aliphatic rings. The summed E-state index contributed by atoms with van der Waals surface area (Å²) in [5.74, 6) is -0.807. The van der Waals surface area contributed by atoms with Gasteiger partial charge in [-0.2, -0.15) is 0 Å². The molecule has 11 heteroatoms. The summed E-state index contributed by atoms with van der Waals surface area (Å²) >= 11 is 1.59. The summed E-state index contributed by atoms with van der Waals surface area (Å²) in [6.07, 6.45) is 11.4. The van der Waals surface area contributed by atoms with Crippen molar-refractivity contribution in [3.63, 3.8) is 0 Å². The van der Waals surface area contributed by atoms with Gasteiger partial charge in [-0.05, 0) is 85.7 Å². The van der Waals surface area contributed by atoms with Crippen molar-refractivity contribution in [3.05, 3.63) is 23.1 Å². The Labute approximate surface area is 236 Å². The van der Waals surface area contributed by atoms with E-state index < -0.39 is 41.7 Å². The van der Waals surface area contributed by atoms with Crippen molar-refractivity contribution in [1.29, 1.82) is 0 Å². The van der Waals surface area contributed by atoms with Crippen LogP contribution in [0.3, 0.4) is 0 Å². The van der Waals surface area contributed by atoms with Gasteiger partial charge in [-0.3, -0.25) is 24.1 Å². The molecule has 1 aliphatic carbocycles. The van der Waals surface area contributed by atoms with Gasteiger partial charge in [0.2, 0.25) is 23.6 Å². The first-order valence-electron chi connectivity index (χ1n) is 14.2. The van der Waals surface area contributed by atoms with Crippen LogP contribution in [0.2, 0.25) is 0 Å². The van der Waals surface area contributed by atoms with Crippen molar-refractivity contribution >= 4 is 35.4 Å². The second kappa shape index (κ2) is 14.3. The van der Waals surface area contributed by atoms with Crippen molar-refractivity contribution in [2.75, 3.05) is 18.8 Å². The number of nitrogens with two attached hydrogens (primary N) is 1. The minimum atomic E-state index is -0.817. The van der Waals surface area contributed by atoms with E-state index in [4.69, 9.17) is 5.73 Å². The molecule has 6 N–H and O–H groups in total. The Morgan fingerprint density at radius 3 is 2.54 bits per heavy atom. The first-order valence-corrected chi connectivity index (χ1v) is 15.2. The molecule has 2 fully saturated rings. The van der Waals surface area contributed by atoms with Crippen LogP contribution < -0.4 is 27.0 Å². The molecule has 5 atom stereocenters. The summed E-state index contributed by atoms with van der Waals surface area (Å²) in [6, 6.07) is -3.55. The number of amides is 4. The Hall–Kier alpha value is -2.37. The quantitative estimate of drug-likeness (QED) is 0.281. The zero-order valence-electron chi connectivity index (χ0n) is 23.8. The number of thioether (sulfide) groups is 1. The topological polar surface area (TPSA) is 146 Å². The van der Waals surface area contributed by atoms with E-state index in [1.807, 2.05) is 25.7 Å². The van der Waals surface area contributed by atoms with E-state index in [9.17, 15) is 19.2 Å². The van der Waals surface area contributed by atoms with Gasteiger partial charge in [-0.15, -0.1) is 11.8 Å². The highest BCUT2D eigenvalue weighted by Crippen LogP contribution is 2.28. The van der Waals surface area contributed by atoms with Gasteiger partial charge in [0.05, 0.1) is 12.1 Å². The number of fused-ring (bicyclic) bond motifs is 1. The van der Waals surface area contributed by atoms with E-state index >= 15 is 0 Å². The van der Waals surface area contributed by atoms with Gasteiger partial charge in [0.1, 0.15) is 18.1 Å². The normalized spacial score (nSPS) is 28.8. The van der Waals surface area contributed by atoms with Crippen LogP contribution in [0, 0.1) is 0 Å². The molecule has 4 amide bonds. The lowest BCUT2D eigenvalue weighted by molar-refractivity contribution is -0.137. The number of rotatable bonds is 8. The predicted octanol–water partition coefficient (Wildman–Crippen LogP) is 1.32. The maximum atomic E-state index is 13.9. The summed E-state index contributed by atoms with van der Waals surface area (Å²) in [7, 11) is 0. The zero-order chi connectivity index (χ0) is 28.6. The molecule has 10 nitrogen and oxygen atoms in total. The molecule has 3 rings (SSSR count). The minimum Gasteiger partial charge on any atom is -0.350 e. The van der Waals surface area contributed by atoms with Crippen LogP contribution in [0.5, 0.6) is 0 Å². The highest BCUT2D eigenvalue weighted by Gasteiger charge is 2.45. The van der Waals surface area contributed by atoms with E-state index in [0.29, 0.717) is 38.1 Å². The van der Waals surface area contributed by atoms with Crippen LogP contribution in [0.15, 0.2) is 23.1 Å². The summed E-state index contributed by atoms with van der Waals surface area (Å²) in [5, 5.41) is 11.9. The van der Waals surface area contributed by atoms with Crippen molar-refractivity contribution in [1.82, 2.24) is 26.2 Å². The summed E-state index contributed by atoms with van der Waals surface area (Å²) in [5.41, 5.74) is 5.17. The molecular formula is C28H46N6O4S. The van der Waals surface area contributed by atoms with Crippen molar-refractivity contribution in [3.8, 4) is 0 Å². The highest BCUT2D eigenvalue weighted by atomic mass is 32.2. The van der Waals surface area contributed by atoms with Gasteiger partial charge >= 0.3 is 0 Å². The van der Waals surface area contributed by atoms with Crippen molar-refractivity contribution in [2.24, 2.45) is 5.73 Å². The van der Waals surface area contributed by atoms with Crippen LogP contribution in [0.4, 0.5) is 0 Å². The Morgan fingerprint density at radius 2 is 1.87 bits per heavy atom. The predicted molar refractivity (Wildman–Crippen MR) is 155 cm³/mol. The number of allylic oxidation sites excluding steroid dienone is 3. The smallest absolute Gasteiger partial charge is 0.242 e. The molecule has 2 aliphatic heterocycles. The Kier molecular flexibility index (Phi) is 11.4. The third-order valence-electron chi connectivity index (χ3n) is 7.15. The lowest BCUT2D eigenvalue weighted by Gasteiger charge is -2.39. The lowest BCUT2D eigenvalue weighted by atomic mass is 10.0. The third kappa shape index (κ3) is 9.08. The number of nitrogens with zero attached hydrogens (tertiary/aromatic N) is 1. The molecule has 0 unspecified atom stereocenters. The first kappa shape index (κ1) is 31.2. The highest BCUT2D eigenvalue weighted by molar-refractivity contribution is 8.03. The minimum absolute atomic E-state index is 0.227. The molecule has 218 valence electrons. The SMILES string of the molecule is C[C@@H]1NC(=O)[C@@H]2CCCN2[C@H](C(=O)NC(C)(C)C)[C@H](CSC2=CCCC=C2)NC(=O)[C@H](CCCCN)NC1=O. The number of hydrogen-bond donors (Lipinski definition) is 5. The Balaban J connectivity index is 2.00. The zero-order valence-corrected chi connectivity index (χ0v) is 24.6. The molecule has 0 aromatic carbocycles. The maximum Gasteiger partial charge on any atom is 0.242 e. The maximum absolute atomic E-state index is 13.9. The summed E-state index contributed by atoms with van der Waals surface area (Å²) < 4.78 is 0. The Bertz CT molecular complexity index is 962. The molecule has 0 saturated carbocycles. The Morgan fingerprint density at radius 1 is 1.10 bits per heavy atom. The molecule has 2 heterocycles. The van der Waals surface area contributed by atoms with E-state index in [-0.39, 0.29) is 17.7 Å². The van der Waals surface area contributed by atoms with Crippen LogP contribution in [-0.2, 0) is 19.2 Å². The number of nitrogens with one attached hydrogen (secondary N) is 4. The standard InChI is InChI=1S/C28H46N6O4S/c1-18-24(35)31-20(13-8-9-15-29)25(36)32-21(17-39-19-11-6-5-7-12-19)23(27(38)33-28(2,3)4)34-16-10-14-22(34)26(37)30-18/h6,11-12,18,20-23H,5,7-10,13-17,29H2,1-4H3,(H,30,37)(H,31,35)(H,32,36)(H,33,38)/t18-,20-,21-,22-,23-/m0/s1. The van der Waals surface area contributed by atoms with E-state index in [2.05, 4.69) is 39.5 Å². The molecule has 0 radical (unpaired) electrons. The van der Waals surface area contributed by atoms with Gasteiger partial charge in [0.25, 0.3) is 0 Å². The second-order valence-electron chi connectivity index (χ2n) is 11.7. The molecule has 0 bridgehead atoms.